The molecule has 0 saturated carbocycles. The van der Waals surface area contributed by atoms with Crippen LogP contribution < -0.4 is 32.8 Å². The van der Waals surface area contributed by atoms with Crippen LogP contribution in [0.5, 0.6) is 0 Å². The molecular weight excluding hydrogens is 718 g/mol. The van der Waals surface area contributed by atoms with Crippen LogP contribution in [0.25, 0.3) is 55.8 Å². The molecule has 7 aromatic carbocycles. The summed E-state index contributed by atoms with van der Waals surface area (Å²) in [6.07, 6.45) is 2.74. The number of hydrogen-bond acceptors (Lipinski definition) is 2. The van der Waals surface area contributed by atoms with Crippen molar-refractivity contribution in [3.05, 3.63) is 154 Å². The lowest BCUT2D eigenvalue weighted by molar-refractivity contribution is 0.590. The Bertz CT molecular complexity index is 3290. The highest BCUT2D eigenvalue weighted by molar-refractivity contribution is 7.03. The molecule has 0 amide bonds. The van der Waals surface area contributed by atoms with Gasteiger partial charge in [0.25, 0.3) is 13.4 Å². The smallest absolute Gasteiger partial charge is 0.253 e. The van der Waals surface area contributed by atoms with Crippen LogP contribution in [0.4, 0.5) is 0 Å². The van der Waals surface area contributed by atoms with Crippen LogP contribution in [0.15, 0.2) is 118 Å². The highest BCUT2D eigenvalue weighted by Crippen LogP contribution is 2.45. The first-order chi connectivity index (χ1) is 28.5. The summed E-state index contributed by atoms with van der Waals surface area (Å²) in [5.74, 6) is 0. The summed E-state index contributed by atoms with van der Waals surface area (Å²) >= 11 is 0. The number of rotatable bonds is 3. The minimum absolute atomic E-state index is 0.0336. The predicted molar refractivity (Wildman–Crippen MR) is 245 cm³/mol. The average molecular weight is 761 g/mol. The van der Waals surface area contributed by atoms with Gasteiger partial charge in [-0.3, -0.25) is 0 Å². The quantitative estimate of drug-likeness (QED) is 0.135. The van der Waals surface area contributed by atoms with Gasteiger partial charge in [0.05, 0.1) is 22.1 Å². The maximum absolute atomic E-state index is 7.59. The fourth-order valence-electron chi connectivity index (χ4n) is 12.0. The van der Waals surface area contributed by atoms with Gasteiger partial charge in [0.2, 0.25) is 0 Å². The van der Waals surface area contributed by atoms with Gasteiger partial charge in [0, 0.05) is 29.7 Å². The highest BCUT2D eigenvalue weighted by Gasteiger charge is 2.49. The van der Waals surface area contributed by atoms with Gasteiger partial charge in [-0.05, 0) is 90.3 Å². The minimum atomic E-state index is -0.194. The van der Waals surface area contributed by atoms with E-state index in [0.717, 1.165) is 47.1 Å². The SMILES string of the molecule is CC(C)(C)c1cccc(B(c2cccc(C(C)(C)C)c2)c2c3oc4cccc5c4n4c3c3c6c2oc2cccc7c2n6-c2c(ccc6c2B3c2c(ccc(c2-4)C5)C6)C7)c1. The molecule has 0 spiro atoms. The van der Waals surface area contributed by atoms with Crippen LogP contribution in [0.3, 0.4) is 0 Å². The molecule has 0 radical (unpaired) electrons. The molecule has 5 aliphatic rings. The predicted octanol–water partition coefficient (Wildman–Crippen LogP) is 8.16. The molecule has 4 nitrogen and oxygen atoms in total. The highest BCUT2D eigenvalue weighted by atomic mass is 16.3. The Balaban J connectivity index is 1.28. The summed E-state index contributed by atoms with van der Waals surface area (Å²) in [6.45, 7) is 13.8. The fourth-order valence-corrected chi connectivity index (χ4v) is 12.0. The zero-order valence-corrected chi connectivity index (χ0v) is 34.4. The Hall–Kier alpha value is -6.13. The van der Waals surface area contributed by atoms with E-state index >= 15 is 0 Å². The largest absolute Gasteiger partial charge is 0.453 e. The van der Waals surface area contributed by atoms with Crippen LogP contribution in [0, 0.1) is 0 Å². The molecule has 7 heterocycles. The lowest BCUT2D eigenvalue weighted by atomic mass is 9.30. The summed E-state index contributed by atoms with van der Waals surface area (Å²) in [5.41, 5.74) is 29.9. The first kappa shape index (κ1) is 32.8. The van der Waals surface area contributed by atoms with Crippen molar-refractivity contribution in [1.82, 2.24) is 9.13 Å². The molecule has 9 aromatic rings. The van der Waals surface area contributed by atoms with Gasteiger partial charge in [0.1, 0.15) is 11.2 Å². The summed E-state index contributed by atoms with van der Waals surface area (Å²) in [4.78, 5) is 0. The van der Waals surface area contributed by atoms with E-state index in [-0.39, 0.29) is 24.3 Å². The normalized spacial score (nSPS) is 14.7. The maximum atomic E-state index is 7.59. The second kappa shape index (κ2) is 10.5. The topological polar surface area (TPSA) is 36.1 Å². The standard InChI is InChI=1S/C53H42B2N2O2/c1-52(2,3)34-13-9-15-36(26-34)54(37-16-10-14-35(27-37)53(4,5)6)43-50-48-42-49-51(43)59-39-18-8-12-31-25-33-22-20-29-23-28-19-21-32-24-30-11-7-17-38(58-50)44(30)56(48)46(32)40(28)55(42)41(29)47(33)57(49)45(31)39/h7-22,26-27H,23-25H2,1-6H3. The van der Waals surface area contributed by atoms with Gasteiger partial charge in [-0.1, -0.05) is 150 Å². The van der Waals surface area contributed by atoms with Crippen molar-refractivity contribution in [2.24, 2.45) is 0 Å². The Morgan fingerprint density at radius 3 is 1.39 bits per heavy atom. The van der Waals surface area contributed by atoms with Crippen molar-refractivity contribution in [3.8, 4) is 11.4 Å². The van der Waals surface area contributed by atoms with Gasteiger partial charge in [-0.25, -0.2) is 0 Å². The molecule has 14 rings (SSSR count). The molecule has 2 aromatic heterocycles. The van der Waals surface area contributed by atoms with E-state index in [1.807, 2.05) is 0 Å². The first-order valence-electron chi connectivity index (χ1n) is 21.5. The second-order valence-corrected chi connectivity index (χ2v) is 20.0. The first-order valence-corrected chi connectivity index (χ1v) is 21.5. The molecule has 0 fully saturated rings. The zero-order chi connectivity index (χ0) is 39.4. The van der Waals surface area contributed by atoms with Gasteiger partial charge < -0.3 is 18.0 Å². The van der Waals surface area contributed by atoms with E-state index in [2.05, 4.69) is 160 Å². The number of para-hydroxylation sites is 2. The van der Waals surface area contributed by atoms with Crippen LogP contribution in [-0.2, 0) is 30.1 Å². The summed E-state index contributed by atoms with van der Waals surface area (Å²) in [5, 5.41) is 0. The van der Waals surface area contributed by atoms with Crippen LogP contribution in [-0.4, -0.2) is 22.6 Å². The van der Waals surface area contributed by atoms with Crippen LogP contribution in [0.2, 0.25) is 0 Å². The number of aromatic nitrogens is 2. The van der Waals surface area contributed by atoms with Gasteiger partial charge in [0.15, 0.2) is 11.2 Å². The van der Waals surface area contributed by atoms with E-state index in [4.69, 9.17) is 8.83 Å². The monoisotopic (exact) mass is 760 g/mol. The molecule has 282 valence electrons. The van der Waals surface area contributed by atoms with E-state index in [1.165, 1.54) is 105 Å². The third-order valence-corrected chi connectivity index (χ3v) is 14.6. The van der Waals surface area contributed by atoms with E-state index in [1.54, 1.807) is 0 Å². The number of hydrogen-bond donors (Lipinski definition) is 0. The van der Waals surface area contributed by atoms with Crippen molar-refractivity contribution in [2.45, 2.75) is 71.6 Å². The minimum Gasteiger partial charge on any atom is -0.453 e. The third kappa shape index (κ3) is 3.99. The fraction of sp³-hybridized carbons (Fsp3) is 0.208. The Morgan fingerprint density at radius 2 is 0.915 bits per heavy atom. The molecule has 5 aliphatic heterocycles. The zero-order valence-electron chi connectivity index (χ0n) is 34.4. The van der Waals surface area contributed by atoms with E-state index < -0.39 is 0 Å². The second-order valence-electron chi connectivity index (χ2n) is 20.0. The lowest BCUT2D eigenvalue weighted by Gasteiger charge is -2.44. The van der Waals surface area contributed by atoms with Gasteiger partial charge in [-0.15, -0.1) is 0 Å². The maximum Gasteiger partial charge on any atom is 0.253 e. The van der Waals surface area contributed by atoms with Gasteiger partial charge >= 0.3 is 0 Å². The molecule has 0 saturated heterocycles. The molecule has 0 N–H and O–H groups in total. The van der Waals surface area contributed by atoms with Crippen molar-refractivity contribution in [2.75, 3.05) is 0 Å². The number of nitrogens with zero attached hydrogens (tertiary/aromatic N) is 2. The van der Waals surface area contributed by atoms with Crippen LogP contribution in [0.1, 0.15) is 86.1 Å². The van der Waals surface area contributed by atoms with Gasteiger partial charge in [-0.2, -0.15) is 0 Å². The average Bonchev–Trinajstić information content (AvgIpc) is 3.23. The van der Waals surface area contributed by atoms with Crippen molar-refractivity contribution in [3.63, 3.8) is 0 Å². The summed E-state index contributed by atoms with van der Waals surface area (Å²) in [7, 11) is 0. The molecule has 0 atom stereocenters. The summed E-state index contributed by atoms with van der Waals surface area (Å²) in [6, 6.07) is 41.7. The molecule has 0 aliphatic carbocycles. The molecule has 59 heavy (non-hydrogen) atoms. The summed E-state index contributed by atoms with van der Waals surface area (Å²) < 4.78 is 20.5. The van der Waals surface area contributed by atoms with Crippen molar-refractivity contribution in [1.29, 1.82) is 0 Å². The Morgan fingerprint density at radius 1 is 0.475 bits per heavy atom. The molecule has 6 heteroatoms. The lowest BCUT2D eigenvalue weighted by Crippen LogP contribution is -2.65. The Kier molecular flexibility index (Phi) is 5.85. The van der Waals surface area contributed by atoms with E-state index in [9.17, 15) is 0 Å². The van der Waals surface area contributed by atoms with Crippen molar-refractivity contribution < 1.29 is 8.83 Å². The molecule has 0 unspecified atom stereocenters. The number of benzene rings is 7. The van der Waals surface area contributed by atoms with Crippen LogP contribution >= 0.6 is 0 Å². The molecular formula is C53H42B2N2O2. The van der Waals surface area contributed by atoms with E-state index in [0.29, 0.717) is 0 Å². The third-order valence-electron chi connectivity index (χ3n) is 14.6. The Labute approximate surface area is 343 Å². The van der Waals surface area contributed by atoms with Crippen molar-refractivity contribution >= 4 is 90.6 Å². The molecule has 0 bridgehead atoms.